The van der Waals surface area contributed by atoms with E-state index in [0.717, 1.165) is 11.1 Å². The third-order valence-electron chi connectivity index (χ3n) is 10.6. The van der Waals surface area contributed by atoms with E-state index in [1.807, 2.05) is 60.7 Å². The molecule has 0 saturated carbocycles. The van der Waals surface area contributed by atoms with Crippen LogP contribution in [-0.2, 0) is 42.5 Å². The van der Waals surface area contributed by atoms with Gasteiger partial charge in [-0.15, -0.1) is 0 Å². The second kappa shape index (κ2) is 15.4. The van der Waals surface area contributed by atoms with Crippen LogP contribution < -0.4 is 10.2 Å². The SMILES string of the molecule is C[C@@H]1[C@@H]([Si](C)(C)F)[C@H](CC(=O)N(CCO)Cc2ccccc2)O[C@@]12C(=O)N(Cc1ccccc1)c1ccc(NC(=O)[C@H]3O[C@@H](O)[C@H](O)[C@@H](O)[C@@H]3O)cc12. The van der Waals surface area contributed by atoms with Crippen molar-refractivity contribution in [2.45, 2.75) is 87.5 Å². The molecule has 3 aliphatic rings. The van der Waals surface area contributed by atoms with Crippen molar-refractivity contribution in [1.82, 2.24) is 4.90 Å². The third-order valence-corrected chi connectivity index (χ3v) is 13.0. The Kier molecular flexibility index (Phi) is 11.2. The van der Waals surface area contributed by atoms with Crippen LogP contribution in [0.1, 0.15) is 30.0 Å². The number of hydrogen-bond acceptors (Lipinski definition) is 10. The summed E-state index contributed by atoms with van der Waals surface area (Å²) in [6.45, 7) is 4.93. The van der Waals surface area contributed by atoms with Gasteiger partial charge < -0.3 is 54.2 Å². The van der Waals surface area contributed by atoms with Gasteiger partial charge in [-0.1, -0.05) is 67.6 Å². The molecule has 2 saturated heterocycles. The van der Waals surface area contributed by atoms with Crippen LogP contribution in [0.25, 0.3) is 0 Å². The molecule has 0 aliphatic carbocycles. The number of carbonyl (C=O) groups is 3. The molecule has 3 aromatic rings. The maximum absolute atomic E-state index is 16.5. The summed E-state index contributed by atoms with van der Waals surface area (Å²) in [5.74, 6) is -2.52. The molecule has 15 heteroatoms. The minimum atomic E-state index is -3.67. The molecule has 284 valence electrons. The van der Waals surface area contributed by atoms with Gasteiger partial charge in [0.15, 0.2) is 18.0 Å². The molecule has 3 aliphatic heterocycles. The number of nitrogens with one attached hydrogen (secondary N) is 1. The van der Waals surface area contributed by atoms with Crippen molar-refractivity contribution in [3.05, 3.63) is 95.6 Å². The molecule has 0 unspecified atom stereocenters. The van der Waals surface area contributed by atoms with Crippen molar-refractivity contribution < 1.29 is 53.5 Å². The lowest BCUT2D eigenvalue weighted by Gasteiger charge is -2.37. The first kappa shape index (κ1) is 38.7. The molecule has 1 spiro atoms. The van der Waals surface area contributed by atoms with E-state index in [1.54, 1.807) is 17.9 Å². The summed E-state index contributed by atoms with van der Waals surface area (Å²) in [5, 5.41) is 52.9. The highest BCUT2D eigenvalue weighted by Crippen LogP contribution is 2.60. The number of nitrogens with zero attached hydrogens (tertiary/aromatic N) is 2. The van der Waals surface area contributed by atoms with Gasteiger partial charge in [-0.2, -0.15) is 0 Å². The number of halogens is 1. The van der Waals surface area contributed by atoms with Gasteiger partial charge in [0, 0.05) is 35.8 Å². The molecule has 3 aromatic carbocycles. The van der Waals surface area contributed by atoms with Gasteiger partial charge >= 0.3 is 0 Å². The van der Waals surface area contributed by atoms with E-state index in [9.17, 15) is 39.9 Å². The van der Waals surface area contributed by atoms with E-state index in [-0.39, 0.29) is 44.3 Å². The van der Waals surface area contributed by atoms with Crippen LogP contribution in [0.5, 0.6) is 0 Å². The third kappa shape index (κ3) is 7.40. The predicted octanol–water partition coefficient (Wildman–Crippen LogP) is 2.16. The molecule has 0 bridgehead atoms. The Morgan fingerprint density at radius 2 is 1.58 bits per heavy atom. The smallest absolute Gasteiger partial charge is 0.264 e. The second-order valence-corrected chi connectivity index (χ2v) is 18.3. The lowest BCUT2D eigenvalue weighted by Crippen LogP contribution is -2.60. The molecule has 2 fully saturated rings. The first-order chi connectivity index (χ1) is 25.2. The van der Waals surface area contributed by atoms with Crippen LogP contribution in [0.3, 0.4) is 0 Å². The van der Waals surface area contributed by atoms with E-state index in [2.05, 4.69) is 5.32 Å². The fourth-order valence-corrected chi connectivity index (χ4v) is 10.6. The number of hydrogen-bond donors (Lipinski definition) is 6. The highest BCUT2D eigenvalue weighted by atomic mass is 28.4. The molecule has 13 nitrogen and oxygen atoms in total. The largest absolute Gasteiger partial charge is 0.395 e. The summed E-state index contributed by atoms with van der Waals surface area (Å²) in [6, 6.07) is 23.2. The first-order valence-corrected chi connectivity index (χ1v) is 20.6. The predicted molar refractivity (Wildman–Crippen MR) is 193 cm³/mol. The van der Waals surface area contributed by atoms with Gasteiger partial charge in [0.2, 0.25) is 14.3 Å². The number of aliphatic hydroxyl groups is 5. The molecular weight excluding hydrogens is 706 g/mol. The zero-order valence-electron chi connectivity index (χ0n) is 29.7. The number of ether oxygens (including phenoxy) is 2. The van der Waals surface area contributed by atoms with Gasteiger partial charge in [-0.05, 0) is 42.4 Å². The van der Waals surface area contributed by atoms with Crippen molar-refractivity contribution in [3.8, 4) is 0 Å². The summed E-state index contributed by atoms with van der Waals surface area (Å²) in [6.07, 6.45) is -10.5. The van der Waals surface area contributed by atoms with Gasteiger partial charge in [0.1, 0.15) is 18.3 Å². The van der Waals surface area contributed by atoms with Crippen molar-refractivity contribution in [3.63, 3.8) is 0 Å². The average Bonchev–Trinajstić information content (AvgIpc) is 3.55. The molecule has 3 heterocycles. The number of aliphatic hydroxyl groups excluding tert-OH is 5. The summed E-state index contributed by atoms with van der Waals surface area (Å²) in [4.78, 5) is 45.1. The van der Waals surface area contributed by atoms with Crippen LogP contribution in [0.4, 0.5) is 15.5 Å². The Labute approximate surface area is 307 Å². The van der Waals surface area contributed by atoms with Crippen LogP contribution in [0.15, 0.2) is 78.9 Å². The van der Waals surface area contributed by atoms with Gasteiger partial charge in [-0.3, -0.25) is 14.4 Å². The highest BCUT2D eigenvalue weighted by Gasteiger charge is 2.67. The Balaban J connectivity index is 1.37. The molecule has 6 rings (SSSR count). The Morgan fingerprint density at radius 3 is 2.21 bits per heavy atom. The number of fused-ring (bicyclic) bond motifs is 2. The number of amides is 3. The fourth-order valence-electron chi connectivity index (χ4n) is 8.06. The molecule has 6 N–H and O–H groups in total. The van der Waals surface area contributed by atoms with Gasteiger partial charge in [0.25, 0.3) is 11.8 Å². The van der Waals surface area contributed by atoms with E-state index < -0.39 is 74.1 Å². The van der Waals surface area contributed by atoms with Crippen molar-refractivity contribution in [2.24, 2.45) is 5.92 Å². The van der Waals surface area contributed by atoms with E-state index in [1.165, 1.54) is 30.1 Å². The molecule has 0 aromatic heterocycles. The van der Waals surface area contributed by atoms with E-state index >= 15 is 4.11 Å². The maximum Gasteiger partial charge on any atom is 0.264 e. The Bertz CT molecular complexity index is 1800. The maximum atomic E-state index is 16.5. The summed E-state index contributed by atoms with van der Waals surface area (Å²) < 4.78 is 28.4. The minimum Gasteiger partial charge on any atom is -0.395 e. The van der Waals surface area contributed by atoms with Crippen molar-refractivity contribution >= 4 is 37.5 Å². The molecular formula is C38H46FN3O10Si. The fraction of sp³-hybridized carbons (Fsp3) is 0.447. The summed E-state index contributed by atoms with van der Waals surface area (Å²) >= 11 is 0. The van der Waals surface area contributed by atoms with Crippen LogP contribution in [0, 0.1) is 5.92 Å². The molecule has 3 amide bonds. The zero-order chi connectivity index (χ0) is 38.2. The lowest BCUT2D eigenvalue weighted by atomic mass is 9.82. The first-order valence-electron chi connectivity index (χ1n) is 17.7. The zero-order valence-corrected chi connectivity index (χ0v) is 30.7. The van der Waals surface area contributed by atoms with Crippen molar-refractivity contribution in [2.75, 3.05) is 23.4 Å². The number of rotatable bonds is 11. The monoisotopic (exact) mass is 751 g/mol. The average molecular weight is 752 g/mol. The lowest BCUT2D eigenvalue weighted by molar-refractivity contribution is -0.274. The topological polar surface area (TPSA) is 189 Å². The second-order valence-electron chi connectivity index (χ2n) is 14.5. The van der Waals surface area contributed by atoms with Crippen molar-refractivity contribution in [1.29, 1.82) is 0 Å². The number of carbonyl (C=O) groups excluding carboxylic acids is 3. The quantitative estimate of drug-likeness (QED) is 0.125. The van der Waals surface area contributed by atoms with Gasteiger partial charge in [0.05, 0.1) is 31.4 Å². The van der Waals surface area contributed by atoms with E-state index in [0.29, 0.717) is 11.3 Å². The Morgan fingerprint density at radius 1 is 0.943 bits per heavy atom. The van der Waals surface area contributed by atoms with Gasteiger partial charge in [-0.25, -0.2) is 0 Å². The van der Waals surface area contributed by atoms with E-state index in [4.69, 9.17) is 9.47 Å². The summed E-state index contributed by atoms with van der Waals surface area (Å²) in [5.41, 5.74) is 0.0510. The summed E-state index contributed by atoms with van der Waals surface area (Å²) in [7, 11) is -3.67. The van der Waals surface area contributed by atoms with Crippen LogP contribution >= 0.6 is 0 Å². The van der Waals surface area contributed by atoms with Crippen LogP contribution in [-0.4, -0.2) is 107 Å². The highest BCUT2D eigenvalue weighted by molar-refractivity contribution is 6.72. The number of anilines is 2. The van der Waals surface area contributed by atoms with Crippen LogP contribution in [0.2, 0.25) is 18.6 Å². The minimum absolute atomic E-state index is 0.0460. The standard InChI is InChI=1S/C38H46FN3O10Si/c1-22-34(53(2,3)39)28(19-29(44)41(16-17-43)20-23-10-6-4-7-11-23)52-38(22)26-18-25(40-35(48)33-31(46)30(45)32(47)36(49)51-33)14-15-27(26)42(37(38)50)21-24-12-8-5-9-13-24/h4-15,18,22,28,30-34,36,43,45-47,49H,16-17,19-21H2,1-3H3,(H,40,48)/t22-,28+,30+,31+,32-,33+,34-,36-,38+/m1/s1. The molecule has 0 radical (unpaired) electrons. The molecule has 9 atom stereocenters. The Hall–Kier alpha value is -4.06. The number of benzene rings is 3. The molecule has 53 heavy (non-hydrogen) atoms. The normalized spacial score (nSPS) is 29.7.